The summed E-state index contributed by atoms with van der Waals surface area (Å²) in [5, 5.41) is 6.23. The van der Waals surface area contributed by atoms with Crippen molar-refractivity contribution in [3.63, 3.8) is 0 Å². The third kappa shape index (κ3) is 6.09. The van der Waals surface area contributed by atoms with E-state index in [1.54, 1.807) is 7.11 Å². The lowest BCUT2D eigenvalue weighted by Crippen LogP contribution is -2.12. The Morgan fingerprint density at radius 3 is 1.93 bits per heavy atom. The van der Waals surface area contributed by atoms with E-state index < -0.39 is 0 Å². The summed E-state index contributed by atoms with van der Waals surface area (Å²) in [6.07, 6.45) is 0.181. The molecule has 0 saturated carbocycles. The van der Waals surface area contributed by atoms with Crippen molar-refractivity contribution in [2.75, 3.05) is 17.7 Å². The molecule has 0 aliphatic rings. The molecule has 2 N–H and O–H groups in total. The van der Waals surface area contributed by atoms with Crippen molar-refractivity contribution in [3.05, 3.63) is 83.9 Å². The van der Waals surface area contributed by atoms with E-state index in [4.69, 9.17) is 9.47 Å². The van der Waals surface area contributed by atoms with Crippen LogP contribution >= 0.6 is 0 Å². The smallest absolute Gasteiger partial charge is 0.255 e. The molecular weight excluding hydrogens is 364 g/mol. The van der Waals surface area contributed by atoms with Gasteiger partial charge in [-0.25, -0.2) is 0 Å². The summed E-state index contributed by atoms with van der Waals surface area (Å²) in [7, 11) is 1.64. The molecule has 0 aliphatic heterocycles. The quantitative estimate of drug-likeness (QED) is 0.524. The summed E-state index contributed by atoms with van der Waals surface area (Å²) in [6, 6.07) is 22.7. The van der Waals surface area contributed by atoms with Gasteiger partial charge in [-0.15, -0.1) is 0 Å². The number of benzene rings is 3. The molecule has 29 heavy (non-hydrogen) atoms. The van der Waals surface area contributed by atoms with Crippen LogP contribution in [0.3, 0.4) is 0 Å². The monoisotopic (exact) mass is 390 g/mol. The van der Waals surface area contributed by atoms with Gasteiger partial charge in [-0.05, 0) is 80.1 Å². The summed E-state index contributed by atoms with van der Waals surface area (Å²) < 4.78 is 10.7. The molecule has 0 saturated heterocycles. The molecule has 5 nitrogen and oxygen atoms in total. The molecule has 3 aromatic carbocycles. The van der Waals surface area contributed by atoms with Crippen LogP contribution in [0.2, 0.25) is 0 Å². The van der Waals surface area contributed by atoms with E-state index in [-0.39, 0.29) is 12.0 Å². The fourth-order valence-electron chi connectivity index (χ4n) is 2.70. The van der Waals surface area contributed by atoms with Crippen LogP contribution in [0.1, 0.15) is 29.8 Å². The van der Waals surface area contributed by atoms with E-state index in [1.165, 1.54) is 0 Å². The van der Waals surface area contributed by atoms with Crippen LogP contribution < -0.4 is 15.4 Å². The number of methoxy groups -OCH3 is 1. The molecule has 0 spiro atoms. The van der Waals surface area contributed by atoms with E-state index in [0.29, 0.717) is 12.2 Å². The fourth-order valence-corrected chi connectivity index (χ4v) is 2.70. The molecule has 5 heteroatoms. The topological polar surface area (TPSA) is 59.6 Å². The van der Waals surface area contributed by atoms with Crippen molar-refractivity contribution in [2.45, 2.75) is 26.6 Å². The minimum absolute atomic E-state index is 0.141. The number of amides is 1. The van der Waals surface area contributed by atoms with Crippen molar-refractivity contribution in [1.82, 2.24) is 0 Å². The third-order valence-corrected chi connectivity index (χ3v) is 4.32. The van der Waals surface area contributed by atoms with Gasteiger partial charge in [0.1, 0.15) is 5.75 Å². The number of hydrogen-bond donors (Lipinski definition) is 2. The highest BCUT2D eigenvalue weighted by Crippen LogP contribution is 2.21. The first kappa shape index (κ1) is 20.4. The van der Waals surface area contributed by atoms with Crippen molar-refractivity contribution < 1.29 is 14.3 Å². The summed E-state index contributed by atoms with van der Waals surface area (Å²) in [4.78, 5) is 12.5. The maximum absolute atomic E-state index is 12.5. The number of carbonyl (C=O) groups is 1. The Labute approximate surface area is 171 Å². The maximum Gasteiger partial charge on any atom is 0.255 e. The van der Waals surface area contributed by atoms with Gasteiger partial charge in [0.15, 0.2) is 0 Å². The van der Waals surface area contributed by atoms with Gasteiger partial charge in [0, 0.05) is 22.6 Å². The average molecular weight is 390 g/mol. The molecule has 1 amide bonds. The Morgan fingerprint density at radius 2 is 1.38 bits per heavy atom. The van der Waals surface area contributed by atoms with Crippen LogP contribution in [0.4, 0.5) is 17.1 Å². The number of nitrogens with one attached hydrogen (secondary N) is 2. The zero-order chi connectivity index (χ0) is 20.6. The van der Waals surface area contributed by atoms with Crippen LogP contribution in [0.5, 0.6) is 5.75 Å². The van der Waals surface area contributed by atoms with Gasteiger partial charge >= 0.3 is 0 Å². The van der Waals surface area contributed by atoms with E-state index >= 15 is 0 Å². The molecule has 0 unspecified atom stereocenters. The number of carbonyl (C=O) groups excluding carboxylic acids is 1. The Hall–Kier alpha value is -3.31. The normalized spacial score (nSPS) is 10.6. The highest BCUT2D eigenvalue weighted by Gasteiger charge is 2.07. The second-order valence-corrected chi connectivity index (χ2v) is 6.94. The van der Waals surface area contributed by atoms with Crippen LogP contribution in [-0.2, 0) is 11.3 Å². The molecule has 3 rings (SSSR count). The first-order chi connectivity index (χ1) is 14.0. The van der Waals surface area contributed by atoms with E-state index in [0.717, 1.165) is 28.4 Å². The van der Waals surface area contributed by atoms with Gasteiger partial charge in [-0.1, -0.05) is 12.1 Å². The van der Waals surface area contributed by atoms with Gasteiger partial charge in [-0.3, -0.25) is 4.79 Å². The molecule has 0 bridgehead atoms. The van der Waals surface area contributed by atoms with Crippen LogP contribution in [0.25, 0.3) is 0 Å². The van der Waals surface area contributed by atoms with E-state index in [2.05, 4.69) is 10.6 Å². The summed E-state index contributed by atoms with van der Waals surface area (Å²) in [5.41, 5.74) is 4.29. The minimum atomic E-state index is -0.141. The second kappa shape index (κ2) is 9.75. The van der Waals surface area contributed by atoms with Crippen molar-refractivity contribution in [1.29, 1.82) is 0 Å². The number of anilines is 3. The van der Waals surface area contributed by atoms with Crippen molar-refractivity contribution in [3.8, 4) is 5.75 Å². The molecule has 0 aliphatic carbocycles. The molecular formula is C24H26N2O3. The first-order valence-corrected chi connectivity index (χ1v) is 9.56. The van der Waals surface area contributed by atoms with Crippen LogP contribution in [-0.4, -0.2) is 19.1 Å². The number of hydrogen-bond acceptors (Lipinski definition) is 4. The fraction of sp³-hybridized carbons (Fsp3) is 0.208. The zero-order valence-corrected chi connectivity index (χ0v) is 16.9. The van der Waals surface area contributed by atoms with Gasteiger partial charge in [0.2, 0.25) is 0 Å². The third-order valence-electron chi connectivity index (χ3n) is 4.32. The van der Waals surface area contributed by atoms with Crippen molar-refractivity contribution >= 4 is 23.0 Å². The largest absolute Gasteiger partial charge is 0.497 e. The van der Waals surface area contributed by atoms with Gasteiger partial charge in [-0.2, -0.15) is 0 Å². The van der Waals surface area contributed by atoms with Crippen LogP contribution in [0, 0.1) is 0 Å². The summed E-state index contributed by atoms with van der Waals surface area (Å²) in [6.45, 7) is 4.54. The summed E-state index contributed by atoms with van der Waals surface area (Å²) in [5.74, 6) is 0.672. The van der Waals surface area contributed by atoms with E-state index in [9.17, 15) is 4.79 Å². The predicted molar refractivity (Wildman–Crippen MR) is 117 cm³/mol. The molecule has 0 atom stereocenters. The lowest BCUT2D eigenvalue weighted by molar-refractivity contribution is 0.0657. The number of ether oxygens (including phenoxy) is 2. The average Bonchev–Trinajstić information content (AvgIpc) is 2.74. The maximum atomic E-state index is 12.5. The standard InChI is InChI=1S/C24H26N2O3/c1-17(2)29-16-18-4-6-19(7-5-18)24(27)26-22-10-8-20(9-11-22)25-21-12-14-23(28-3)15-13-21/h4-15,17,25H,16H2,1-3H3,(H,26,27). The number of rotatable bonds is 8. The molecule has 3 aromatic rings. The Morgan fingerprint density at radius 1 is 0.828 bits per heavy atom. The molecule has 150 valence electrons. The predicted octanol–water partition coefficient (Wildman–Crippen LogP) is 5.62. The van der Waals surface area contributed by atoms with E-state index in [1.807, 2.05) is 86.6 Å². The van der Waals surface area contributed by atoms with Crippen molar-refractivity contribution in [2.24, 2.45) is 0 Å². The second-order valence-electron chi connectivity index (χ2n) is 6.94. The van der Waals surface area contributed by atoms with Gasteiger partial charge < -0.3 is 20.1 Å². The SMILES string of the molecule is COc1ccc(Nc2ccc(NC(=O)c3ccc(COC(C)C)cc3)cc2)cc1. The summed E-state index contributed by atoms with van der Waals surface area (Å²) >= 11 is 0. The Balaban J connectivity index is 1.56. The lowest BCUT2D eigenvalue weighted by atomic mass is 10.1. The Bertz CT molecular complexity index is 918. The van der Waals surface area contributed by atoms with Crippen LogP contribution in [0.15, 0.2) is 72.8 Å². The lowest BCUT2D eigenvalue weighted by Gasteiger charge is -2.10. The Kier molecular flexibility index (Phi) is 6.87. The van der Waals surface area contributed by atoms with Gasteiger partial charge in [0.05, 0.1) is 19.8 Å². The molecule has 0 fully saturated rings. The minimum Gasteiger partial charge on any atom is -0.497 e. The molecule has 0 radical (unpaired) electrons. The highest BCUT2D eigenvalue weighted by molar-refractivity contribution is 6.04. The first-order valence-electron chi connectivity index (χ1n) is 9.56. The highest BCUT2D eigenvalue weighted by atomic mass is 16.5. The zero-order valence-electron chi connectivity index (χ0n) is 16.9. The molecule has 0 aromatic heterocycles. The molecule has 0 heterocycles. The van der Waals surface area contributed by atoms with Gasteiger partial charge in [0.25, 0.3) is 5.91 Å².